The summed E-state index contributed by atoms with van der Waals surface area (Å²) in [6, 6.07) is 1.97. The van der Waals surface area contributed by atoms with Gasteiger partial charge < -0.3 is 5.32 Å². The Kier molecular flexibility index (Phi) is 8.11. The first kappa shape index (κ1) is 32.4. The van der Waals surface area contributed by atoms with Gasteiger partial charge in [-0.05, 0) is 18.6 Å². The molecule has 0 aromatic carbocycles. The second-order valence-electron chi connectivity index (χ2n) is 6.62. The van der Waals surface area contributed by atoms with Gasteiger partial charge in [0, 0.05) is 6.20 Å². The molecule has 5 nitrogen and oxygen atoms in total. The van der Waals surface area contributed by atoms with Crippen molar-refractivity contribution < 1.29 is 88.9 Å². The van der Waals surface area contributed by atoms with Crippen molar-refractivity contribution in [1.29, 1.82) is 0 Å². The molecule has 1 N–H and O–H groups in total. The Morgan fingerprint density at radius 1 is 0.730 bits per heavy atom. The number of ether oxygens (including phenoxy) is 2. The second kappa shape index (κ2) is 9.27. The van der Waals surface area contributed by atoms with Crippen molar-refractivity contribution in [3.63, 3.8) is 0 Å². The average Bonchev–Trinajstić information content (AvgIpc) is 2.66. The van der Waals surface area contributed by atoms with E-state index in [0.717, 1.165) is 24.4 Å². The van der Waals surface area contributed by atoms with Crippen molar-refractivity contribution >= 4 is 11.7 Å². The topological polar surface area (TPSA) is 60.5 Å². The third-order valence-electron chi connectivity index (χ3n) is 3.90. The Labute approximate surface area is 191 Å². The van der Waals surface area contributed by atoms with Gasteiger partial charge in [0.2, 0.25) is 0 Å². The number of alkyl halides is 17. The molecule has 0 radical (unpaired) electrons. The number of hydrogen-bond donors (Lipinski definition) is 1. The van der Waals surface area contributed by atoms with Gasteiger partial charge in [0.25, 0.3) is 0 Å². The zero-order valence-electron chi connectivity index (χ0n) is 16.8. The van der Waals surface area contributed by atoms with E-state index in [4.69, 9.17) is 0 Å². The lowest BCUT2D eigenvalue weighted by Gasteiger charge is -2.40. The zero-order chi connectivity index (χ0) is 29.7. The van der Waals surface area contributed by atoms with Crippen molar-refractivity contribution in [1.82, 2.24) is 4.98 Å². The highest BCUT2D eigenvalue weighted by Gasteiger charge is 2.85. The largest absolute Gasteiger partial charge is 0.462 e. The summed E-state index contributed by atoms with van der Waals surface area (Å²) in [5.41, 5.74) is -0.361. The number of hydrogen-bond acceptors (Lipinski definition) is 4. The molecule has 37 heavy (non-hydrogen) atoms. The molecule has 0 aliphatic heterocycles. The van der Waals surface area contributed by atoms with E-state index in [1.807, 2.05) is 4.74 Å². The number of aromatic nitrogens is 1. The first-order valence-electron chi connectivity index (χ1n) is 8.42. The molecule has 1 aromatic rings. The van der Waals surface area contributed by atoms with Crippen LogP contribution in [0.3, 0.4) is 0 Å². The third kappa shape index (κ3) is 5.77. The van der Waals surface area contributed by atoms with Crippen LogP contribution in [0.15, 0.2) is 18.3 Å². The average molecular weight is 586 g/mol. The molecule has 0 spiro atoms. The van der Waals surface area contributed by atoms with Gasteiger partial charge in [-0.2, -0.15) is 74.6 Å². The predicted octanol–water partition coefficient (Wildman–Crippen LogP) is 6.20. The van der Waals surface area contributed by atoms with Gasteiger partial charge in [-0.15, -0.1) is 0 Å². The van der Waals surface area contributed by atoms with E-state index in [0.29, 0.717) is 6.20 Å². The summed E-state index contributed by atoms with van der Waals surface area (Å²) in [4.78, 5) is 14.8. The molecule has 2 atom stereocenters. The standard InChI is InChI=1S/C15H7F17N2O3/c1-5-3-2-4-33-6(5)34-7(35)8(16,11(20,21)22)36-15(31,32)10(19,13(26,27)28)37-14(29,30)9(17,18)12(23,24)25/h2-4H,1H3,(H,33,34,35)/t8-,10-/m0/s1. The Morgan fingerprint density at radius 3 is 1.59 bits per heavy atom. The van der Waals surface area contributed by atoms with E-state index >= 15 is 0 Å². The fraction of sp³-hybridized carbons (Fsp3) is 0.600. The van der Waals surface area contributed by atoms with Gasteiger partial charge in [-0.25, -0.2) is 4.98 Å². The van der Waals surface area contributed by atoms with Crippen molar-refractivity contribution in [3.05, 3.63) is 23.9 Å². The van der Waals surface area contributed by atoms with Crippen LogP contribution in [0.1, 0.15) is 5.56 Å². The van der Waals surface area contributed by atoms with E-state index in [1.165, 1.54) is 4.74 Å². The SMILES string of the molecule is Cc1cccnc1NC(=O)[C@](F)(OC(F)(F)[C@@](F)(OC(F)(F)C(F)(F)C(F)(F)F)C(F)(F)F)C(F)(F)F. The van der Waals surface area contributed by atoms with E-state index in [9.17, 15) is 79.4 Å². The molecule has 1 heterocycles. The van der Waals surface area contributed by atoms with Crippen LogP contribution in [-0.4, -0.2) is 59.3 Å². The van der Waals surface area contributed by atoms with Gasteiger partial charge in [-0.3, -0.25) is 14.3 Å². The lowest BCUT2D eigenvalue weighted by atomic mass is 10.2. The minimum Gasteiger partial charge on any atom is -0.305 e. The molecule has 1 amide bonds. The number of nitrogens with one attached hydrogen (secondary N) is 1. The van der Waals surface area contributed by atoms with Gasteiger partial charge >= 0.3 is 54.3 Å². The third-order valence-corrected chi connectivity index (χ3v) is 3.90. The highest BCUT2D eigenvalue weighted by atomic mass is 19.4. The molecule has 0 aliphatic rings. The van der Waals surface area contributed by atoms with Crippen LogP contribution in [0, 0.1) is 6.92 Å². The summed E-state index contributed by atoms with van der Waals surface area (Å²) >= 11 is 0. The van der Waals surface area contributed by atoms with Crippen LogP contribution < -0.4 is 5.32 Å². The lowest BCUT2D eigenvalue weighted by Crippen LogP contribution is -2.68. The van der Waals surface area contributed by atoms with E-state index in [-0.39, 0.29) is 5.56 Å². The monoisotopic (exact) mass is 586 g/mol. The summed E-state index contributed by atoms with van der Waals surface area (Å²) in [7, 11) is 0. The second-order valence-corrected chi connectivity index (χ2v) is 6.62. The predicted molar refractivity (Wildman–Crippen MR) is 80.5 cm³/mol. The van der Waals surface area contributed by atoms with Gasteiger partial charge in [0.05, 0.1) is 0 Å². The number of carbonyl (C=O) groups excluding carboxylic acids is 1. The lowest BCUT2D eigenvalue weighted by molar-refractivity contribution is -0.548. The number of amides is 1. The Bertz CT molecular complexity index is 989. The van der Waals surface area contributed by atoms with Crippen LogP contribution in [0.5, 0.6) is 0 Å². The van der Waals surface area contributed by atoms with Crippen molar-refractivity contribution in [3.8, 4) is 0 Å². The fourth-order valence-electron chi connectivity index (χ4n) is 1.97. The van der Waals surface area contributed by atoms with Crippen molar-refractivity contribution in [2.24, 2.45) is 0 Å². The van der Waals surface area contributed by atoms with Crippen LogP contribution in [-0.2, 0) is 14.3 Å². The molecule has 0 saturated carbocycles. The van der Waals surface area contributed by atoms with Gasteiger partial charge in [0.1, 0.15) is 5.82 Å². The molecule has 0 saturated heterocycles. The van der Waals surface area contributed by atoms with Crippen LogP contribution in [0.4, 0.5) is 80.5 Å². The fourth-order valence-corrected chi connectivity index (χ4v) is 1.97. The van der Waals surface area contributed by atoms with E-state index < -0.39 is 60.1 Å². The van der Waals surface area contributed by atoms with E-state index in [2.05, 4.69) is 4.98 Å². The van der Waals surface area contributed by atoms with Crippen LogP contribution >= 0.6 is 0 Å². The van der Waals surface area contributed by atoms with Crippen LogP contribution in [0.25, 0.3) is 0 Å². The quantitative estimate of drug-likeness (QED) is 0.369. The summed E-state index contributed by atoms with van der Waals surface area (Å²) < 4.78 is 226. The van der Waals surface area contributed by atoms with Crippen LogP contribution in [0.2, 0.25) is 0 Å². The van der Waals surface area contributed by atoms with Crippen molar-refractivity contribution in [2.75, 3.05) is 5.32 Å². The maximum atomic E-state index is 14.4. The summed E-state index contributed by atoms with van der Waals surface area (Å²) in [6.45, 7) is 0.929. The summed E-state index contributed by atoms with van der Waals surface area (Å²) in [6.07, 6.45) is -38.0. The van der Waals surface area contributed by atoms with Gasteiger partial charge in [0.15, 0.2) is 0 Å². The molecule has 214 valence electrons. The Balaban J connectivity index is 3.64. The highest BCUT2D eigenvalue weighted by molar-refractivity contribution is 5.96. The van der Waals surface area contributed by atoms with E-state index in [1.54, 1.807) is 0 Å². The molecule has 1 rings (SSSR count). The normalized spacial score (nSPS) is 17.7. The first-order chi connectivity index (χ1) is 16.1. The summed E-state index contributed by atoms with van der Waals surface area (Å²) in [5.74, 6) is -27.4. The molecule has 0 aliphatic carbocycles. The molecule has 1 aromatic heterocycles. The Hall–Kier alpha value is -2.65. The maximum Gasteiger partial charge on any atom is 0.462 e. The molecule has 0 bridgehead atoms. The maximum absolute atomic E-state index is 14.4. The number of pyridine rings is 1. The molecule has 22 heteroatoms. The minimum absolute atomic E-state index is 0.361. The number of carbonyl (C=O) groups is 1. The number of rotatable bonds is 8. The Morgan fingerprint density at radius 2 is 1.22 bits per heavy atom. The highest BCUT2D eigenvalue weighted by Crippen LogP contribution is 2.56. The smallest absolute Gasteiger partial charge is 0.305 e. The van der Waals surface area contributed by atoms with Crippen molar-refractivity contribution in [2.45, 2.75) is 55.3 Å². The number of nitrogens with zero attached hydrogens (tertiary/aromatic N) is 1. The molecule has 0 fully saturated rings. The molecule has 0 unspecified atom stereocenters. The van der Waals surface area contributed by atoms with Gasteiger partial charge in [-0.1, -0.05) is 6.07 Å². The summed E-state index contributed by atoms with van der Waals surface area (Å²) in [5, 5.41) is 0.798. The molecular formula is C15H7F17N2O3. The minimum atomic E-state index is -8.07. The number of aryl methyl sites for hydroxylation is 1. The first-order valence-corrected chi connectivity index (χ1v) is 8.42. The number of anilines is 1. The molecular weight excluding hydrogens is 579 g/mol. The number of halogens is 17. The zero-order valence-corrected chi connectivity index (χ0v) is 16.8.